The van der Waals surface area contributed by atoms with Crippen LogP contribution in [0.15, 0.2) is 120 Å². The average Bonchev–Trinajstić information content (AvgIpc) is 3.32. The fraction of sp³-hybridized carbons (Fsp3) is 0.346. The van der Waals surface area contributed by atoms with Crippen molar-refractivity contribution in [2.45, 2.75) is 65.0 Å². The quantitative estimate of drug-likeness (QED) is 0.0612. The number of esters is 2. The van der Waals surface area contributed by atoms with Gasteiger partial charge in [-0.2, -0.15) is 36.9 Å². The molecule has 0 aliphatic carbocycles. The largest absolute Gasteiger partial charge is 0.463 e. The second-order valence-electron chi connectivity index (χ2n) is 17.5. The van der Waals surface area contributed by atoms with Gasteiger partial charge in [-0.1, -0.05) is 36.4 Å². The number of amides is 4. The van der Waals surface area contributed by atoms with E-state index in [0.717, 1.165) is 34.1 Å². The van der Waals surface area contributed by atoms with E-state index in [1.165, 1.54) is 72.2 Å². The Hall–Kier alpha value is -7.64. The van der Waals surface area contributed by atoms with E-state index in [2.05, 4.69) is 0 Å². The fourth-order valence-corrected chi connectivity index (χ4v) is 8.97. The smallest absolute Gasteiger partial charge is 0.416 e. The van der Waals surface area contributed by atoms with Gasteiger partial charge in [0.15, 0.2) is 0 Å². The number of ether oxygens (including phenoxy) is 2. The lowest BCUT2D eigenvalue weighted by molar-refractivity contribution is -0.890. The Morgan fingerprint density at radius 2 is 0.958 bits per heavy atom. The zero-order valence-corrected chi connectivity index (χ0v) is 39.9. The molecule has 2 aliphatic rings. The lowest BCUT2D eigenvalue weighted by Crippen LogP contribution is -2.53. The van der Waals surface area contributed by atoms with Crippen molar-refractivity contribution in [1.29, 1.82) is 10.5 Å². The first-order valence-electron chi connectivity index (χ1n) is 22.7. The first-order valence-corrected chi connectivity index (χ1v) is 22.7. The molecule has 4 aromatic carbocycles. The summed E-state index contributed by atoms with van der Waals surface area (Å²) in [6.07, 6.45) is -8.91. The molecule has 0 aromatic heterocycles. The molecule has 0 saturated carbocycles. The molecular weight excluding hydrogens is 933 g/mol. The lowest BCUT2D eigenvalue weighted by Gasteiger charge is -2.44. The molecule has 2 heterocycles. The van der Waals surface area contributed by atoms with Crippen LogP contribution in [0.3, 0.4) is 0 Å². The Bertz CT molecular complexity index is 2620. The highest BCUT2D eigenvalue weighted by Crippen LogP contribution is 2.44. The van der Waals surface area contributed by atoms with Crippen molar-refractivity contribution in [3.63, 3.8) is 0 Å². The van der Waals surface area contributed by atoms with Crippen LogP contribution in [0, 0.1) is 22.7 Å². The first-order chi connectivity index (χ1) is 33.6. The molecule has 0 radical (unpaired) electrons. The van der Waals surface area contributed by atoms with E-state index in [9.17, 15) is 56.0 Å². The number of rotatable bonds is 16. The Kier molecular flexibility index (Phi) is 16.0. The van der Waals surface area contributed by atoms with E-state index >= 15 is 0 Å². The van der Waals surface area contributed by atoms with Crippen molar-refractivity contribution in [2.24, 2.45) is 0 Å². The Morgan fingerprint density at radius 3 is 1.27 bits per heavy atom. The van der Waals surface area contributed by atoms with Crippen LogP contribution >= 0.6 is 0 Å². The standard InChI is InChI=1S/C52H52F6N7O6/c1-7-70-47(66)43-33(3)63(41-15-9-13-39(29-41)51(53,54)55)49(68)61(45(43)37-21-17-35(31-59)18-22-37)25-11-27-65(5,6)28-12-26-62-46(38-23-19-36(32-60)20-24-38)44(48(67)71-8-2)34(4)64(50(62)69)42-16-10-14-40(30-42)52(56,57)58/h9-10,13-24,29-30,45-46H,7-8,11-12,25-28H2,1-6H3/q+1/t45-,46-/m1/s1. The van der Waals surface area contributed by atoms with Gasteiger partial charge in [-0.25, -0.2) is 19.2 Å². The normalized spacial score (nSPS) is 16.8. The van der Waals surface area contributed by atoms with E-state index in [0.29, 0.717) is 35.3 Å². The molecule has 4 aromatic rings. The van der Waals surface area contributed by atoms with Crippen molar-refractivity contribution in [2.75, 3.05) is 63.3 Å². The number of benzene rings is 4. The van der Waals surface area contributed by atoms with Gasteiger partial charge in [0.25, 0.3) is 0 Å². The van der Waals surface area contributed by atoms with Crippen LogP contribution < -0.4 is 9.80 Å². The monoisotopic (exact) mass is 984 g/mol. The Labute approximate surface area is 407 Å². The number of halogens is 6. The molecule has 6 rings (SSSR count). The zero-order valence-electron chi connectivity index (χ0n) is 39.9. The summed E-state index contributed by atoms with van der Waals surface area (Å²) < 4.78 is 95.2. The highest BCUT2D eigenvalue weighted by molar-refractivity contribution is 6.04. The molecule has 0 bridgehead atoms. The van der Waals surface area contributed by atoms with Gasteiger partial charge in [0, 0.05) is 37.3 Å². The van der Waals surface area contributed by atoms with E-state index in [1.807, 2.05) is 26.2 Å². The molecule has 0 unspecified atom stereocenters. The maximum Gasteiger partial charge on any atom is 0.416 e. The molecule has 0 N–H and O–H groups in total. The van der Waals surface area contributed by atoms with Crippen LogP contribution in [0.1, 0.15) is 86.0 Å². The number of nitrogens with zero attached hydrogens (tertiary/aromatic N) is 7. The third-order valence-electron chi connectivity index (χ3n) is 12.4. The highest BCUT2D eigenvalue weighted by atomic mass is 19.4. The van der Waals surface area contributed by atoms with E-state index in [4.69, 9.17) is 9.47 Å². The number of alkyl halides is 6. The van der Waals surface area contributed by atoms with Crippen LogP contribution in [0.2, 0.25) is 0 Å². The predicted molar refractivity (Wildman–Crippen MR) is 250 cm³/mol. The highest BCUT2D eigenvalue weighted by Gasteiger charge is 2.46. The maximum atomic E-state index is 14.8. The average molecular weight is 985 g/mol. The third-order valence-corrected chi connectivity index (χ3v) is 12.4. The van der Waals surface area contributed by atoms with Gasteiger partial charge in [-0.3, -0.25) is 9.80 Å². The summed E-state index contributed by atoms with van der Waals surface area (Å²) in [5.74, 6) is -1.58. The van der Waals surface area contributed by atoms with Crippen molar-refractivity contribution < 1.29 is 59.5 Å². The van der Waals surface area contributed by atoms with Crippen molar-refractivity contribution in [1.82, 2.24) is 9.80 Å². The van der Waals surface area contributed by atoms with Crippen molar-refractivity contribution in [3.05, 3.63) is 153 Å². The number of hydrogen-bond acceptors (Lipinski definition) is 8. The first kappa shape index (κ1) is 52.7. The van der Waals surface area contributed by atoms with E-state index in [-0.39, 0.29) is 77.5 Å². The topological polar surface area (TPSA) is 147 Å². The number of carbonyl (C=O) groups is 4. The minimum atomic E-state index is -4.74. The minimum absolute atomic E-state index is 0.0102. The van der Waals surface area contributed by atoms with E-state index in [1.54, 1.807) is 38.1 Å². The number of nitriles is 2. The molecule has 0 fully saturated rings. The van der Waals surface area contributed by atoms with Crippen LogP contribution in [0.4, 0.5) is 47.3 Å². The van der Waals surface area contributed by atoms with Crippen LogP contribution in [0.25, 0.3) is 0 Å². The van der Waals surface area contributed by atoms with Crippen molar-refractivity contribution >= 4 is 35.4 Å². The van der Waals surface area contributed by atoms with Crippen LogP contribution in [-0.2, 0) is 31.4 Å². The van der Waals surface area contributed by atoms with Crippen LogP contribution in [-0.4, -0.2) is 91.8 Å². The van der Waals surface area contributed by atoms with Gasteiger partial charge in [0.05, 0.1) is 109 Å². The zero-order chi connectivity index (χ0) is 52.0. The van der Waals surface area contributed by atoms with Gasteiger partial charge in [-0.15, -0.1) is 0 Å². The minimum Gasteiger partial charge on any atom is -0.463 e. The molecule has 13 nitrogen and oxygen atoms in total. The van der Waals surface area contributed by atoms with Gasteiger partial charge >= 0.3 is 36.4 Å². The summed E-state index contributed by atoms with van der Waals surface area (Å²) >= 11 is 0. The summed E-state index contributed by atoms with van der Waals surface area (Å²) in [5.41, 5.74) is -0.603. The van der Waals surface area contributed by atoms with Gasteiger partial charge < -0.3 is 23.8 Å². The molecule has 19 heteroatoms. The lowest BCUT2D eigenvalue weighted by atomic mass is 9.92. The molecule has 4 amide bonds. The summed E-state index contributed by atoms with van der Waals surface area (Å²) in [5, 5.41) is 19.1. The van der Waals surface area contributed by atoms with Crippen molar-refractivity contribution in [3.8, 4) is 12.1 Å². The fourth-order valence-electron chi connectivity index (χ4n) is 8.97. The number of anilines is 2. The summed E-state index contributed by atoms with van der Waals surface area (Å²) in [7, 11) is 3.80. The van der Waals surface area contributed by atoms with E-state index < -0.39 is 59.6 Å². The molecular formula is C52H52F6N7O6+. The number of quaternary nitrogens is 1. The molecule has 0 spiro atoms. The summed E-state index contributed by atoms with van der Waals surface area (Å²) in [6, 6.07) is 21.4. The summed E-state index contributed by atoms with van der Waals surface area (Å²) in [4.78, 5) is 62.2. The second kappa shape index (κ2) is 21.6. The van der Waals surface area contributed by atoms with Gasteiger partial charge in [0.2, 0.25) is 0 Å². The molecule has 0 saturated heterocycles. The number of hydrogen-bond donors (Lipinski definition) is 0. The molecule has 71 heavy (non-hydrogen) atoms. The van der Waals surface area contributed by atoms with Crippen LogP contribution in [0.5, 0.6) is 0 Å². The Balaban J connectivity index is 1.31. The van der Waals surface area contributed by atoms with Gasteiger partial charge in [0.1, 0.15) is 0 Å². The number of allylic oxidation sites excluding steroid dienone is 2. The predicted octanol–water partition coefficient (Wildman–Crippen LogP) is 10.7. The molecule has 372 valence electrons. The summed E-state index contributed by atoms with van der Waals surface area (Å²) in [6.45, 7) is 6.76. The molecule has 2 atom stereocenters. The Morgan fingerprint density at radius 1 is 0.606 bits per heavy atom. The van der Waals surface area contributed by atoms with Gasteiger partial charge in [-0.05, 0) is 99.5 Å². The maximum absolute atomic E-state index is 14.8. The number of urea groups is 2. The third kappa shape index (κ3) is 11.5. The number of carbonyl (C=O) groups excluding carboxylic acids is 4. The molecule has 2 aliphatic heterocycles. The second-order valence-corrected chi connectivity index (χ2v) is 17.5. The SMILES string of the molecule is CCOC(=O)C1=C(C)N(c2cccc(C(F)(F)F)c2)C(=O)N(CCC[N+](C)(C)CCCN2C(=O)N(c3cccc(C(F)(F)F)c3)C(C)=C(C(=O)OCC)[C@H]2c2ccc(C#N)cc2)[C@@H]1c1ccc(C#N)cc1.